The van der Waals surface area contributed by atoms with Crippen LogP contribution in [0.25, 0.3) is 10.2 Å². The number of nitrogens with one attached hydrogen (secondary N) is 1. The Bertz CT molecular complexity index is 674. The summed E-state index contributed by atoms with van der Waals surface area (Å²) in [6.45, 7) is 1.22. The lowest BCUT2D eigenvalue weighted by Gasteiger charge is -2.19. The highest BCUT2D eigenvalue weighted by Gasteiger charge is 2.48. The van der Waals surface area contributed by atoms with Crippen LogP contribution < -0.4 is 10.2 Å². The maximum atomic E-state index is 11.7. The Morgan fingerprint density at radius 3 is 2.68 bits per heavy atom. The minimum atomic E-state index is -0.198. The van der Waals surface area contributed by atoms with Crippen molar-refractivity contribution in [3.8, 4) is 0 Å². The smallest absolute Gasteiger partial charge is 0.232 e. The van der Waals surface area contributed by atoms with Crippen LogP contribution in [0.4, 0.5) is 5.69 Å². The van der Waals surface area contributed by atoms with Crippen LogP contribution in [0.3, 0.4) is 0 Å². The van der Waals surface area contributed by atoms with E-state index in [9.17, 15) is 9.59 Å². The lowest BCUT2D eigenvalue weighted by atomic mass is 10.00. The molecule has 2 fully saturated rings. The average Bonchev–Trinajstić information content (AvgIpc) is 3.08. The molecule has 2 aliphatic rings. The molecule has 0 saturated carbocycles. The van der Waals surface area contributed by atoms with Gasteiger partial charge in [-0.05, 0) is 17.5 Å². The van der Waals surface area contributed by atoms with Crippen LogP contribution in [-0.4, -0.2) is 29.9 Å². The van der Waals surface area contributed by atoms with Crippen molar-refractivity contribution in [2.45, 2.75) is 0 Å². The fourth-order valence-corrected chi connectivity index (χ4v) is 3.84. The summed E-state index contributed by atoms with van der Waals surface area (Å²) in [7, 11) is 0. The van der Waals surface area contributed by atoms with E-state index >= 15 is 0 Å². The van der Waals surface area contributed by atoms with Crippen LogP contribution in [-0.2, 0) is 9.59 Å². The van der Waals surface area contributed by atoms with Gasteiger partial charge in [0.1, 0.15) is 0 Å². The predicted octanol–water partition coefficient (Wildman–Crippen LogP) is 1.01. The first-order chi connectivity index (χ1) is 9.24. The van der Waals surface area contributed by atoms with Gasteiger partial charge in [0.2, 0.25) is 11.8 Å². The van der Waals surface area contributed by atoms with Crippen LogP contribution in [0.5, 0.6) is 0 Å². The number of rotatable bonds is 1. The van der Waals surface area contributed by atoms with Crippen molar-refractivity contribution >= 4 is 39.1 Å². The van der Waals surface area contributed by atoms with Crippen molar-refractivity contribution in [2.75, 3.05) is 18.0 Å². The van der Waals surface area contributed by atoms with E-state index in [1.807, 2.05) is 17.5 Å². The van der Waals surface area contributed by atoms with Crippen LogP contribution in [0, 0.1) is 11.8 Å². The summed E-state index contributed by atoms with van der Waals surface area (Å²) in [6, 6.07) is 3.94. The summed E-state index contributed by atoms with van der Waals surface area (Å²) in [5.41, 5.74) is 2.05. The van der Waals surface area contributed by atoms with Crippen LogP contribution in [0.2, 0.25) is 0 Å². The Balaban J connectivity index is 1.74. The van der Waals surface area contributed by atoms with Crippen LogP contribution >= 0.6 is 11.3 Å². The zero-order valence-corrected chi connectivity index (χ0v) is 10.8. The van der Waals surface area contributed by atoms with Crippen molar-refractivity contribution < 1.29 is 9.59 Å². The van der Waals surface area contributed by atoms with Gasteiger partial charge in [-0.15, -0.1) is 11.3 Å². The molecule has 0 aliphatic carbocycles. The quantitative estimate of drug-likeness (QED) is 0.788. The number of pyridine rings is 1. The number of carbonyl (C=O) groups is 2. The molecule has 0 unspecified atom stereocenters. The van der Waals surface area contributed by atoms with Gasteiger partial charge in [0, 0.05) is 19.3 Å². The number of aromatic nitrogens is 1. The van der Waals surface area contributed by atoms with E-state index < -0.39 is 0 Å². The van der Waals surface area contributed by atoms with E-state index in [1.54, 1.807) is 17.5 Å². The minimum absolute atomic E-state index is 0.131. The fourth-order valence-electron chi connectivity index (χ4n) is 2.95. The Kier molecular flexibility index (Phi) is 2.17. The molecule has 0 spiro atoms. The van der Waals surface area contributed by atoms with E-state index in [4.69, 9.17) is 0 Å². The van der Waals surface area contributed by atoms with Gasteiger partial charge in [-0.1, -0.05) is 0 Å². The average molecular weight is 273 g/mol. The van der Waals surface area contributed by atoms with E-state index in [1.165, 1.54) is 0 Å². The van der Waals surface area contributed by atoms with Crippen molar-refractivity contribution in [2.24, 2.45) is 11.8 Å². The second-order valence-corrected chi connectivity index (χ2v) is 5.85. The Labute approximate surface area is 113 Å². The molecule has 0 aromatic carbocycles. The highest BCUT2D eigenvalue weighted by Crippen LogP contribution is 2.36. The molecule has 2 aliphatic heterocycles. The lowest BCUT2D eigenvalue weighted by molar-refractivity contribution is -0.126. The summed E-state index contributed by atoms with van der Waals surface area (Å²) < 4.78 is 1.12. The first-order valence-electron chi connectivity index (χ1n) is 6.16. The highest BCUT2D eigenvalue weighted by atomic mass is 32.1. The first kappa shape index (κ1) is 10.9. The number of hydrogen-bond donors (Lipinski definition) is 1. The minimum Gasteiger partial charge on any atom is -0.369 e. The maximum Gasteiger partial charge on any atom is 0.232 e. The molecule has 2 aromatic heterocycles. The first-order valence-corrected chi connectivity index (χ1v) is 7.04. The van der Waals surface area contributed by atoms with E-state index in [-0.39, 0.29) is 23.7 Å². The number of imide groups is 1. The Morgan fingerprint density at radius 2 is 1.95 bits per heavy atom. The SMILES string of the molecule is O=C1NC(=O)[C@@H]2CN(c3ccnc4ccsc34)C[C@H]12. The topological polar surface area (TPSA) is 62.3 Å². The molecule has 2 atom stereocenters. The Morgan fingerprint density at radius 1 is 1.21 bits per heavy atom. The molecule has 1 N–H and O–H groups in total. The molecule has 0 bridgehead atoms. The third kappa shape index (κ3) is 1.49. The maximum absolute atomic E-state index is 11.7. The molecule has 4 heterocycles. The van der Waals surface area contributed by atoms with E-state index in [0.29, 0.717) is 13.1 Å². The Hall–Kier alpha value is -1.95. The van der Waals surface area contributed by atoms with Crippen molar-refractivity contribution in [1.29, 1.82) is 0 Å². The van der Waals surface area contributed by atoms with E-state index in [2.05, 4.69) is 15.2 Å². The third-order valence-corrected chi connectivity index (χ3v) is 4.83. The summed E-state index contributed by atoms with van der Waals surface area (Å²) in [6.07, 6.45) is 1.78. The van der Waals surface area contributed by atoms with Gasteiger partial charge in [0.15, 0.2) is 0 Å². The van der Waals surface area contributed by atoms with E-state index in [0.717, 1.165) is 15.9 Å². The number of carbonyl (C=O) groups excluding carboxylic acids is 2. The summed E-state index contributed by atoms with van der Waals surface area (Å²) in [4.78, 5) is 29.8. The fraction of sp³-hybridized carbons (Fsp3) is 0.308. The van der Waals surface area contributed by atoms with Gasteiger partial charge in [0.25, 0.3) is 0 Å². The number of nitrogens with zero attached hydrogens (tertiary/aromatic N) is 2. The normalized spacial score (nSPS) is 26.0. The molecule has 2 saturated heterocycles. The molecular formula is C13H11N3O2S. The van der Waals surface area contributed by atoms with Crippen molar-refractivity contribution in [3.05, 3.63) is 23.7 Å². The van der Waals surface area contributed by atoms with Crippen molar-refractivity contribution in [1.82, 2.24) is 10.3 Å². The van der Waals surface area contributed by atoms with Gasteiger partial charge in [-0.25, -0.2) is 0 Å². The summed E-state index contributed by atoms with van der Waals surface area (Å²) in [5.74, 6) is -0.658. The second kappa shape index (κ2) is 3.77. The van der Waals surface area contributed by atoms with Gasteiger partial charge in [-0.3, -0.25) is 19.9 Å². The molecule has 96 valence electrons. The molecule has 2 aromatic rings. The molecule has 19 heavy (non-hydrogen) atoms. The predicted molar refractivity (Wildman–Crippen MR) is 72.0 cm³/mol. The molecule has 2 amide bonds. The molecule has 6 heteroatoms. The summed E-state index contributed by atoms with van der Waals surface area (Å²) >= 11 is 1.64. The highest BCUT2D eigenvalue weighted by molar-refractivity contribution is 7.17. The van der Waals surface area contributed by atoms with Crippen molar-refractivity contribution in [3.63, 3.8) is 0 Å². The summed E-state index contributed by atoms with van der Waals surface area (Å²) in [5, 5.41) is 4.42. The lowest BCUT2D eigenvalue weighted by Crippen LogP contribution is -2.31. The van der Waals surface area contributed by atoms with Gasteiger partial charge in [0.05, 0.1) is 27.7 Å². The number of thiophene rings is 1. The second-order valence-electron chi connectivity index (χ2n) is 4.94. The van der Waals surface area contributed by atoms with Crippen LogP contribution in [0.15, 0.2) is 23.7 Å². The van der Waals surface area contributed by atoms with Gasteiger partial charge >= 0.3 is 0 Å². The number of hydrogen-bond acceptors (Lipinski definition) is 5. The third-order valence-electron chi connectivity index (χ3n) is 3.90. The van der Waals surface area contributed by atoms with Gasteiger partial charge in [-0.2, -0.15) is 0 Å². The zero-order chi connectivity index (χ0) is 13.0. The molecule has 5 nitrogen and oxygen atoms in total. The molecule has 4 rings (SSSR count). The standard InChI is InChI=1S/C13H11N3O2S/c17-12-7-5-16(6-8(7)13(18)15-12)10-1-3-14-9-2-4-19-11(9)10/h1-4,7-8H,5-6H2,(H,15,17,18)/t7-,8+. The molecular weight excluding hydrogens is 262 g/mol. The van der Waals surface area contributed by atoms with Gasteiger partial charge < -0.3 is 4.90 Å². The number of fused-ring (bicyclic) bond motifs is 2. The van der Waals surface area contributed by atoms with Crippen LogP contribution in [0.1, 0.15) is 0 Å². The largest absolute Gasteiger partial charge is 0.369 e. The number of anilines is 1. The monoisotopic (exact) mass is 273 g/mol. The zero-order valence-electron chi connectivity index (χ0n) is 10.00. The molecule has 0 radical (unpaired) electrons. The number of amides is 2.